The van der Waals surface area contributed by atoms with Crippen LogP contribution in [-0.2, 0) is 4.79 Å². The molecule has 0 bridgehead atoms. The van der Waals surface area contributed by atoms with E-state index < -0.39 is 5.97 Å². The van der Waals surface area contributed by atoms with Gasteiger partial charge in [-0.1, -0.05) is 19.8 Å². The molecule has 3 aliphatic rings. The first-order valence-corrected chi connectivity index (χ1v) is 8.10. The Morgan fingerprint density at radius 3 is 2.32 bits per heavy atom. The fourth-order valence-corrected chi connectivity index (χ4v) is 4.94. The van der Waals surface area contributed by atoms with Gasteiger partial charge in [0.1, 0.15) is 6.04 Å². The summed E-state index contributed by atoms with van der Waals surface area (Å²) >= 11 is 0. The molecule has 108 valence electrons. The van der Waals surface area contributed by atoms with E-state index in [1.54, 1.807) is 0 Å². The second-order valence-corrected chi connectivity index (χ2v) is 7.23. The second-order valence-electron chi connectivity index (χ2n) is 7.23. The Bertz CT molecular complexity index is 339. The lowest BCUT2D eigenvalue weighted by Crippen LogP contribution is -2.47. The standard InChI is InChI=1S/C16H27NO2/c1-12-6-11-17(14(12)15(18)19)13-4-9-16(10-5-13)7-2-3-8-16/h12-14H,2-11H2,1H3,(H,18,19). The van der Waals surface area contributed by atoms with Gasteiger partial charge in [0, 0.05) is 6.04 Å². The third kappa shape index (κ3) is 2.42. The highest BCUT2D eigenvalue weighted by Crippen LogP contribution is 2.50. The van der Waals surface area contributed by atoms with Crippen LogP contribution in [0, 0.1) is 11.3 Å². The molecular formula is C16H27NO2. The Morgan fingerprint density at radius 1 is 1.11 bits per heavy atom. The maximum absolute atomic E-state index is 11.5. The molecule has 2 unspecified atom stereocenters. The van der Waals surface area contributed by atoms with Crippen molar-refractivity contribution in [2.45, 2.75) is 76.8 Å². The van der Waals surface area contributed by atoms with E-state index in [-0.39, 0.29) is 6.04 Å². The number of hydrogen-bond acceptors (Lipinski definition) is 2. The quantitative estimate of drug-likeness (QED) is 0.833. The summed E-state index contributed by atoms with van der Waals surface area (Å²) in [5, 5.41) is 9.45. The Hall–Kier alpha value is -0.570. The Kier molecular flexibility index (Phi) is 3.59. The zero-order valence-electron chi connectivity index (χ0n) is 12.1. The summed E-state index contributed by atoms with van der Waals surface area (Å²) in [6, 6.07) is 0.319. The van der Waals surface area contributed by atoms with Gasteiger partial charge >= 0.3 is 5.97 Å². The Labute approximate surface area is 116 Å². The lowest BCUT2D eigenvalue weighted by atomic mass is 9.71. The number of hydrogen-bond donors (Lipinski definition) is 1. The van der Waals surface area contributed by atoms with Gasteiger partial charge in [-0.3, -0.25) is 9.69 Å². The van der Waals surface area contributed by atoms with Crippen molar-refractivity contribution in [3.8, 4) is 0 Å². The van der Waals surface area contributed by atoms with E-state index >= 15 is 0 Å². The number of carboxylic acids is 1. The summed E-state index contributed by atoms with van der Waals surface area (Å²) in [6.07, 6.45) is 11.9. The topological polar surface area (TPSA) is 40.5 Å². The molecule has 0 aromatic rings. The minimum atomic E-state index is -0.605. The molecule has 2 aliphatic carbocycles. The van der Waals surface area contributed by atoms with Crippen LogP contribution in [0.3, 0.4) is 0 Å². The molecule has 2 saturated carbocycles. The van der Waals surface area contributed by atoms with Crippen LogP contribution in [0.1, 0.15) is 64.7 Å². The van der Waals surface area contributed by atoms with E-state index in [1.165, 1.54) is 51.4 Å². The predicted molar refractivity (Wildman–Crippen MR) is 75.1 cm³/mol. The van der Waals surface area contributed by atoms with Crippen LogP contribution in [0.5, 0.6) is 0 Å². The molecule has 1 saturated heterocycles. The fraction of sp³-hybridized carbons (Fsp3) is 0.938. The first-order valence-electron chi connectivity index (χ1n) is 8.10. The van der Waals surface area contributed by atoms with Crippen molar-refractivity contribution in [1.29, 1.82) is 0 Å². The summed E-state index contributed by atoms with van der Waals surface area (Å²) in [4.78, 5) is 13.8. The maximum Gasteiger partial charge on any atom is 0.321 e. The number of rotatable bonds is 2. The van der Waals surface area contributed by atoms with Crippen molar-refractivity contribution in [2.75, 3.05) is 6.54 Å². The highest BCUT2D eigenvalue weighted by Gasteiger charge is 2.44. The SMILES string of the molecule is CC1CCN(C2CCC3(CCCC3)CC2)C1C(=O)O. The molecule has 19 heavy (non-hydrogen) atoms. The second kappa shape index (κ2) is 5.08. The average Bonchev–Trinajstić information content (AvgIpc) is 2.98. The van der Waals surface area contributed by atoms with Crippen LogP contribution in [0.15, 0.2) is 0 Å². The number of carbonyl (C=O) groups is 1. The smallest absolute Gasteiger partial charge is 0.321 e. The molecule has 3 fully saturated rings. The zero-order valence-corrected chi connectivity index (χ0v) is 12.1. The summed E-state index contributed by atoms with van der Waals surface area (Å²) in [5.41, 5.74) is 0.653. The van der Waals surface area contributed by atoms with Crippen molar-refractivity contribution >= 4 is 5.97 Å². The number of carboxylic acid groups (broad SMARTS) is 1. The molecule has 1 N–H and O–H groups in total. The molecule has 0 radical (unpaired) electrons. The third-order valence-corrected chi connectivity index (χ3v) is 6.14. The molecule has 1 aliphatic heterocycles. The monoisotopic (exact) mass is 265 g/mol. The van der Waals surface area contributed by atoms with Crippen LogP contribution in [0.25, 0.3) is 0 Å². The van der Waals surface area contributed by atoms with Crippen molar-refractivity contribution in [2.24, 2.45) is 11.3 Å². The van der Waals surface area contributed by atoms with Gasteiger partial charge in [-0.25, -0.2) is 0 Å². The van der Waals surface area contributed by atoms with Crippen LogP contribution >= 0.6 is 0 Å². The van der Waals surface area contributed by atoms with Gasteiger partial charge in [0.15, 0.2) is 0 Å². The number of aliphatic carboxylic acids is 1. The molecule has 1 heterocycles. The fourth-order valence-electron chi connectivity index (χ4n) is 4.94. The highest BCUT2D eigenvalue weighted by molar-refractivity contribution is 5.74. The molecule has 1 spiro atoms. The molecule has 0 amide bonds. The van der Waals surface area contributed by atoms with Gasteiger partial charge in [-0.15, -0.1) is 0 Å². The van der Waals surface area contributed by atoms with Crippen LogP contribution in [-0.4, -0.2) is 34.6 Å². The van der Waals surface area contributed by atoms with Crippen LogP contribution in [0.4, 0.5) is 0 Å². The summed E-state index contributed by atoms with van der Waals surface area (Å²) < 4.78 is 0. The van der Waals surface area contributed by atoms with Gasteiger partial charge in [-0.2, -0.15) is 0 Å². The lowest BCUT2D eigenvalue weighted by Gasteiger charge is -2.42. The van der Waals surface area contributed by atoms with E-state index in [4.69, 9.17) is 0 Å². The van der Waals surface area contributed by atoms with E-state index in [2.05, 4.69) is 11.8 Å². The molecule has 3 nitrogen and oxygen atoms in total. The van der Waals surface area contributed by atoms with Crippen molar-refractivity contribution in [1.82, 2.24) is 4.90 Å². The normalized spacial score (nSPS) is 36.1. The third-order valence-electron chi connectivity index (χ3n) is 6.14. The van der Waals surface area contributed by atoms with Gasteiger partial charge in [-0.05, 0) is 62.8 Å². The molecule has 0 aromatic carbocycles. The van der Waals surface area contributed by atoms with E-state index in [0.29, 0.717) is 17.4 Å². The summed E-state index contributed by atoms with van der Waals surface area (Å²) in [7, 11) is 0. The minimum Gasteiger partial charge on any atom is -0.480 e. The Morgan fingerprint density at radius 2 is 1.74 bits per heavy atom. The number of likely N-dealkylation sites (tertiary alicyclic amines) is 1. The first-order chi connectivity index (χ1) is 9.11. The lowest BCUT2D eigenvalue weighted by molar-refractivity contribution is -0.144. The maximum atomic E-state index is 11.5. The van der Waals surface area contributed by atoms with Gasteiger partial charge in [0.25, 0.3) is 0 Å². The molecule has 3 rings (SSSR count). The van der Waals surface area contributed by atoms with Gasteiger partial charge in [0.05, 0.1) is 0 Å². The van der Waals surface area contributed by atoms with Gasteiger partial charge in [0.2, 0.25) is 0 Å². The van der Waals surface area contributed by atoms with Crippen molar-refractivity contribution in [3.05, 3.63) is 0 Å². The molecule has 0 aromatic heterocycles. The molecular weight excluding hydrogens is 238 g/mol. The van der Waals surface area contributed by atoms with Gasteiger partial charge < -0.3 is 5.11 Å². The summed E-state index contributed by atoms with van der Waals surface area (Å²) in [6.45, 7) is 3.09. The highest BCUT2D eigenvalue weighted by atomic mass is 16.4. The largest absolute Gasteiger partial charge is 0.480 e. The van der Waals surface area contributed by atoms with E-state index in [0.717, 1.165) is 13.0 Å². The van der Waals surface area contributed by atoms with Crippen molar-refractivity contribution < 1.29 is 9.90 Å². The molecule has 3 heteroatoms. The minimum absolute atomic E-state index is 0.220. The summed E-state index contributed by atoms with van der Waals surface area (Å²) in [5.74, 6) is -0.286. The first kappa shape index (κ1) is 13.4. The average molecular weight is 265 g/mol. The zero-order chi connectivity index (χ0) is 13.5. The van der Waals surface area contributed by atoms with E-state index in [1.807, 2.05) is 0 Å². The van der Waals surface area contributed by atoms with Crippen LogP contribution < -0.4 is 0 Å². The molecule has 2 atom stereocenters. The number of nitrogens with zero attached hydrogens (tertiary/aromatic N) is 1. The Balaban J connectivity index is 1.63. The van der Waals surface area contributed by atoms with Crippen LogP contribution in [0.2, 0.25) is 0 Å². The van der Waals surface area contributed by atoms with Crippen molar-refractivity contribution in [3.63, 3.8) is 0 Å². The predicted octanol–water partition coefficient (Wildman–Crippen LogP) is 3.28. The van der Waals surface area contributed by atoms with E-state index in [9.17, 15) is 9.90 Å².